The van der Waals surface area contributed by atoms with E-state index in [-0.39, 0.29) is 0 Å². The van der Waals surface area contributed by atoms with Crippen LogP contribution in [0.15, 0.2) is 6.33 Å². The first-order chi connectivity index (χ1) is 9.27. The van der Waals surface area contributed by atoms with Gasteiger partial charge in [-0.2, -0.15) is 5.10 Å². The molecule has 0 saturated heterocycles. The fourth-order valence-corrected chi connectivity index (χ4v) is 2.19. The molecule has 0 fully saturated rings. The zero-order valence-corrected chi connectivity index (χ0v) is 12.4. The van der Waals surface area contributed by atoms with Crippen LogP contribution in [0.5, 0.6) is 0 Å². The van der Waals surface area contributed by atoms with Gasteiger partial charge in [0.05, 0.1) is 6.42 Å². The van der Waals surface area contributed by atoms with Crippen molar-refractivity contribution in [2.24, 2.45) is 0 Å². The van der Waals surface area contributed by atoms with Crippen molar-refractivity contribution in [3.63, 3.8) is 0 Å². The van der Waals surface area contributed by atoms with E-state index in [0.717, 1.165) is 25.2 Å². The quantitative estimate of drug-likeness (QED) is 0.575. The Morgan fingerprint density at radius 3 is 2.58 bits per heavy atom. The number of carbonyl (C=O) groups is 1. The Kier molecular flexibility index (Phi) is 8.10. The molecule has 0 radical (unpaired) electrons. The van der Waals surface area contributed by atoms with Gasteiger partial charge in [-0.3, -0.25) is 4.79 Å². The summed E-state index contributed by atoms with van der Waals surface area (Å²) in [5, 5.41) is 4.14. The Bertz CT molecular complexity index is 360. The van der Waals surface area contributed by atoms with Gasteiger partial charge in [-0.25, -0.2) is 9.67 Å². The number of ketones is 1. The van der Waals surface area contributed by atoms with Gasteiger partial charge in [0, 0.05) is 13.0 Å². The van der Waals surface area contributed by atoms with Gasteiger partial charge in [0.15, 0.2) is 0 Å². The SMILES string of the molecule is CCCCCCCCC(=O)Cc1ncnn1CCC. The predicted octanol–water partition coefficient (Wildman–Crippen LogP) is 3.55. The van der Waals surface area contributed by atoms with Crippen LogP contribution in [0, 0.1) is 0 Å². The molecule has 0 aromatic carbocycles. The van der Waals surface area contributed by atoms with Crippen LogP contribution in [0.3, 0.4) is 0 Å². The maximum Gasteiger partial charge on any atom is 0.140 e. The first-order valence-electron chi connectivity index (χ1n) is 7.66. The molecule has 0 aliphatic carbocycles. The van der Waals surface area contributed by atoms with Crippen molar-refractivity contribution in [2.75, 3.05) is 0 Å². The van der Waals surface area contributed by atoms with Gasteiger partial charge in [-0.1, -0.05) is 46.0 Å². The summed E-state index contributed by atoms with van der Waals surface area (Å²) in [5.41, 5.74) is 0. The number of aromatic nitrogens is 3. The minimum absolute atomic E-state index is 0.292. The van der Waals surface area contributed by atoms with Gasteiger partial charge in [-0.15, -0.1) is 0 Å². The molecule has 1 aromatic heterocycles. The van der Waals surface area contributed by atoms with E-state index in [4.69, 9.17) is 0 Å². The summed E-state index contributed by atoms with van der Waals surface area (Å²) >= 11 is 0. The van der Waals surface area contributed by atoms with Gasteiger partial charge >= 0.3 is 0 Å². The van der Waals surface area contributed by atoms with E-state index in [9.17, 15) is 4.79 Å². The van der Waals surface area contributed by atoms with Crippen LogP contribution in [0.2, 0.25) is 0 Å². The Balaban J connectivity index is 2.18. The van der Waals surface area contributed by atoms with Crippen molar-refractivity contribution in [1.82, 2.24) is 14.8 Å². The van der Waals surface area contributed by atoms with E-state index >= 15 is 0 Å². The highest BCUT2D eigenvalue weighted by molar-refractivity contribution is 5.80. The third kappa shape index (κ3) is 6.50. The van der Waals surface area contributed by atoms with Gasteiger partial charge in [0.1, 0.15) is 17.9 Å². The molecular weight excluding hydrogens is 238 g/mol. The standard InChI is InChI=1S/C15H27N3O/c1-3-5-6-7-8-9-10-14(19)12-15-16-13-17-18(15)11-4-2/h13H,3-12H2,1-2H3. The zero-order valence-electron chi connectivity index (χ0n) is 12.4. The van der Waals surface area contributed by atoms with Crippen molar-refractivity contribution < 1.29 is 4.79 Å². The molecule has 108 valence electrons. The molecule has 0 N–H and O–H groups in total. The molecule has 0 spiro atoms. The summed E-state index contributed by atoms with van der Waals surface area (Å²) in [7, 11) is 0. The first kappa shape index (κ1) is 15.9. The number of unbranched alkanes of at least 4 members (excludes halogenated alkanes) is 5. The van der Waals surface area contributed by atoms with E-state index in [1.54, 1.807) is 6.33 Å². The predicted molar refractivity (Wildman–Crippen MR) is 77.0 cm³/mol. The van der Waals surface area contributed by atoms with Crippen molar-refractivity contribution >= 4 is 5.78 Å². The van der Waals surface area contributed by atoms with E-state index < -0.39 is 0 Å². The second kappa shape index (κ2) is 9.70. The van der Waals surface area contributed by atoms with Crippen LogP contribution in [0.25, 0.3) is 0 Å². The fraction of sp³-hybridized carbons (Fsp3) is 0.800. The van der Waals surface area contributed by atoms with Gasteiger partial charge < -0.3 is 0 Å². The van der Waals surface area contributed by atoms with Gasteiger partial charge in [0.2, 0.25) is 0 Å². The zero-order chi connectivity index (χ0) is 13.9. The lowest BCUT2D eigenvalue weighted by atomic mass is 10.1. The van der Waals surface area contributed by atoms with E-state index in [2.05, 4.69) is 23.9 Å². The lowest BCUT2D eigenvalue weighted by Gasteiger charge is -2.04. The van der Waals surface area contributed by atoms with Crippen molar-refractivity contribution in [3.8, 4) is 0 Å². The van der Waals surface area contributed by atoms with Crippen LogP contribution in [0.4, 0.5) is 0 Å². The van der Waals surface area contributed by atoms with E-state index in [1.807, 2.05) is 4.68 Å². The largest absolute Gasteiger partial charge is 0.299 e. The Morgan fingerprint density at radius 2 is 1.84 bits per heavy atom. The fourth-order valence-electron chi connectivity index (χ4n) is 2.19. The molecule has 0 bridgehead atoms. The van der Waals surface area contributed by atoms with Gasteiger partial charge in [-0.05, 0) is 12.8 Å². The summed E-state index contributed by atoms with van der Waals surface area (Å²) < 4.78 is 1.85. The van der Waals surface area contributed by atoms with Crippen LogP contribution < -0.4 is 0 Å². The minimum Gasteiger partial charge on any atom is -0.299 e. The monoisotopic (exact) mass is 265 g/mol. The molecule has 1 rings (SSSR count). The molecule has 1 heterocycles. The first-order valence-corrected chi connectivity index (χ1v) is 7.66. The summed E-state index contributed by atoms with van der Waals surface area (Å²) in [5.74, 6) is 1.11. The molecule has 0 unspecified atom stereocenters. The smallest absolute Gasteiger partial charge is 0.140 e. The number of hydrogen-bond donors (Lipinski definition) is 0. The summed E-state index contributed by atoms with van der Waals surface area (Å²) in [6.07, 6.45) is 11.0. The number of Topliss-reactive ketones (excluding diaryl/α,β-unsaturated/α-hetero) is 1. The van der Waals surface area contributed by atoms with Crippen LogP contribution in [-0.2, 0) is 17.8 Å². The Hall–Kier alpha value is -1.19. The Morgan fingerprint density at radius 1 is 1.11 bits per heavy atom. The van der Waals surface area contributed by atoms with Crippen LogP contribution in [-0.4, -0.2) is 20.5 Å². The molecule has 0 atom stereocenters. The maximum atomic E-state index is 11.9. The lowest BCUT2D eigenvalue weighted by molar-refractivity contribution is -0.118. The second-order valence-corrected chi connectivity index (χ2v) is 5.13. The average Bonchev–Trinajstić information content (AvgIpc) is 2.81. The van der Waals surface area contributed by atoms with Crippen molar-refractivity contribution in [2.45, 2.75) is 78.2 Å². The van der Waals surface area contributed by atoms with Crippen LogP contribution >= 0.6 is 0 Å². The van der Waals surface area contributed by atoms with E-state index in [1.165, 1.54) is 32.1 Å². The molecular formula is C15H27N3O. The molecule has 0 aliphatic rings. The highest BCUT2D eigenvalue weighted by Crippen LogP contribution is 2.08. The highest BCUT2D eigenvalue weighted by Gasteiger charge is 2.09. The topological polar surface area (TPSA) is 47.8 Å². The molecule has 0 aliphatic heterocycles. The average molecular weight is 265 g/mol. The number of rotatable bonds is 11. The second-order valence-electron chi connectivity index (χ2n) is 5.13. The minimum atomic E-state index is 0.292. The molecule has 19 heavy (non-hydrogen) atoms. The van der Waals surface area contributed by atoms with Crippen LogP contribution in [0.1, 0.15) is 71.0 Å². The molecule has 0 saturated carbocycles. The highest BCUT2D eigenvalue weighted by atomic mass is 16.1. The van der Waals surface area contributed by atoms with Crippen molar-refractivity contribution in [1.29, 1.82) is 0 Å². The molecule has 4 nitrogen and oxygen atoms in total. The lowest BCUT2D eigenvalue weighted by Crippen LogP contribution is -2.11. The number of carbonyl (C=O) groups excluding carboxylic acids is 1. The summed E-state index contributed by atoms with van der Waals surface area (Å²) in [6.45, 7) is 5.17. The Labute approximate surface area is 116 Å². The summed E-state index contributed by atoms with van der Waals surface area (Å²) in [4.78, 5) is 16.0. The molecule has 4 heteroatoms. The van der Waals surface area contributed by atoms with E-state index in [0.29, 0.717) is 18.6 Å². The number of hydrogen-bond acceptors (Lipinski definition) is 3. The molecule has 1 aromatic rings. The third-order valence-corrected chi connectivity index (χ3v) is 3.30. The third-order valence-electron chi connectivity index (χ3n) is 3.30. The molecule has 0 amide bonds. The number of nitrogens with zero attached hydrogens (tertiary/aromatic N) is 3. The summed E-state index contributed by atoms with van der Waals surface area (Å²) in [6, 6.07) is 0. The van der Waals surface area contributed by atoms with Crippen molar-refractivity contribution in [3.05, 3.63) is 12.2 Å². The maximum absolute atomic E-state index is 11.9. The number of aryl methyl sites for hydroxylation is 1. The normalized spacial score (nSPS) is 10.8. The van der Waals surface area contributed by atoms with Gasteiger partial charge in [0.25, 0.3) is 0 Å².